The highest BCUT2D eigenvalue weighted by molar-refractivity contribution is 7.86. The summed E-state index contributed by atoms with van der Waals surface area (Å²) in [5.74, 6) is -0.571. The van der Waals surface area contributed by atoms with Crippen molar-refractivity contribution in [1.29, 1.82) is 0 Å². The van der Waals surface area contributed by atoms with E-state index in [0.717, 1.165) is 12.8 Å². The molecule has 0 radical (unpaired) electrons. The molecule has 0 aromatic heterocycles. The first kappa shape index (κ1) is 18.6. The summed E-state index contributed by atoms with van der Waals surface area (Å²) in [6.07, 6.45) is 0.119. The van der Waals surface area contributed by atoms with Gasteiger partial charge in [-0.05, 0) is 25.0 Å². The van der Waals surface area contributed by atoms with E-state index >= 15 is 0 Å². The Morgan fingerprint density at radius 2 is 2.00 bits per heavy atom. The van der Waals surface area contributed by atoms with Crippen molar-refractivity contribution in [3.8, 4) is 0 Å². The lowest BCUT2D eigenvalue weighted by atomic mass is 10.2. The number of esters is 1. The molecule has 0 aliphatic rings. The maximum atomic E-state index is 12.0. The molecule has 1 N–H and O–H groups in total. The van der Waals surface area contributed by atoms with E-state index in [1.54, 1.807) is 25.1 Å². The summed E-state index contributed by atoms with van der Waals surface area (Å²) in [4.78, 5) is 11.4. The monoisotopic (exact) mass is 330 g/mol. The van der Waals surface area contributed by atoms with Crippen LogP contribution in [0.2, 0.25) is 0 Å². The number of carbonyl (C=O) groups excluding carboxylic acids is 1. The smallest absolute Gasteiger partial charge is 0.308 e. The van der Waals surface area contributed by atoms with E-state index in [1.807, 2.05) is 6.92 Å². The van der Waals surface area contributed by atoms with Crippen LogP contribution in [0.5, 0.6) is 0 Å². The Bertz CT molecular complexity index is 581. The number of rotatable bonds is 9. The SMILES string of the molecule is CCCCOC(=O)CC(O)COS(=O)(=O)c1ccccc1C. The summed E-state index contributed by atoms with van der Waals surface area (Å²) in [6, 6.07) is 6.38. The van der Waals surface area contributed by atoms with Gasteiger partial charge in [-0.2, -0.15) is 8.42 Å². The van der Waals surface area contributed by atoms with Crippen LogP contribution in [0.25, 0.3) is 0 Å². The quantitative estimate of drug-likeness (QED) is 0.422. The van der Waals surface area contributed by atoms with Gasteiger partial charge >= 0.3 is 5.97 Å². The van der Waals surface area contributed by atoms with Crippen molar-refractivity contribution in [3.05, 3.63) is 29.8 Å². The van der Waals surface area contributed by atoms with Gasteiger partial charge in [-0.1, -0.05) is 31.5 Å². The molecule has 22 heavy (non-hydrogen) atoms. The second-order valence-corrected chi connectivity index (χ2v) is 6.52. The zero-order chi connectivity index (χ0) is 16.6. The van der Waals surface area contributed by atoms with Crippen LogP contribution in [-0.2, 0) is 23.8 Å². The lowest BCUT2D eigenvalue weighted by Gasteiger charge is -2.12. The van der Waals surface area contributed by atoms with Crippen molar-refractivity contribution >= 4 is 16.1 Å². The maximum Gasteiger partial charge on any atom is 0.308 e. The largest absolute Gasteiger partial charge is 0.466 e. The molecule has 1 atom stereocenters. The van der Waals surface area contributed by atoms with Gasteiger partial charge in [-0.3, -0.25) is 8.98 Å². The number of unbranched alkanes of at least 4 members (excludes halogenated alkanes) is 1. The second-order valence-electron chi connectivity index (χ2n) is 4.94. The molecule has 0 amide bonds. The average molecular weight is 330 g/mol. The molecule has 0 aliphatic carbocycles. The fourth-order valence-electron chi connectivity index (χ4n) is 1.71. The topological polar surface area (TPSA) is 89.9 Å². The van der Waals surface area contributed by atoms with Crippen LogP contribution in [-0.4, -0.2) is 38.8 Å². The van der Waals surface area contributed by atoms with Crippen LogP contribution in [0.1, 0.15) is 31.7 Å². The van der Waals surface area contributed by atoms with Gasteiger partial charge in [0, 0.05) is 0 Å². The van der Waals surface area contributed by atoms with Crippen molar-refractivity contribution in [2.45, 2.75) is 44.1 Å². The van der Waals surface area contributed by atoms with Gasteiger partial charge in [0.15, 0.2) is 0 Å². The minimum absolute atomic E-state index is 0.0488. The van der Waals surface area contributed by atoms with E-state index < -0.39 is 28.8 Å². The third-order valence-electron chi connectivity index (χ3n) is 2.94. The van der Waals surface area contributed by atoms with E-state index in [4.69, 9.17) is 8.92 Å². The molecule has 1 aromatic carbocycles. The Morgan fingerprint density at radius 3 is 2.64 bits per heavy atom. The fourth-order valence-corrected chi connectivity index (χ4v) is 2.88. The third kappa shape index (κ3) is 6.13. The van der Waals surface area contributed by atoms with Gasteiger partial charge in [-0.25, -0.2) is 0 Å². The molecule has 0 aliphatic heterocycles. The van der Waals surface area contributed by atoms with Crippen molar-refractivity contribution in [2.24, 2.45) is 0 Å². The molecule has 1 unspecified atom stereocenters. The lowest BCUT2D eigenvalue weighted by molar-refractivity contribution is -0.146. The Balaban J connectivity index is 2.48. The van der Waals surface area contributed by atoms with Crippen LogP contribution in [0.4, 0.5) is 0 Å². The zero-order valence-electron chi connectivity index (χ0n) is 12.8. The van der Waals surface area contributed by atoms with Crippen molar-refractivity contribution in [3.63, 3.8) is 0 Å². The number of aryl methyl sites for hydroxylation is 1. The van der Waals surface area contributed by atoms with Crippen LogP contribution >= 0.6 is 0 Å². The van der Waals surface area contributed by atoms with E-state index in [2.05, 4.69) is 0 Å². The first-order valence-corrected chi connectivity index (χ1v) is 8.56. The van der Waals surface area contributed by atoms with E-state index in [9.17, 15) is 18.3 Å². The molecule has 6 nitrogen and oxygen atoms in total. The summed E-state index contributed by atoms with van der Waals surface area (Å²) in [5, 5.41) is 9.67. The molecule has 0 spiro atoms. The van der Waals surface area contributed by atoms with Gasteiger partial charge in [-0.15, -0.1) is 0 Å². The first-order chi connectivity index (χ1) is 10.4. The molecule has 0 fully saturated rings. The Hall–Kier alpha value is -1.44. The molecular weight excluding hydrogens is 308 g/mol. The molecule has 124 valence electrons. The van der Waals surface area contributed by atoms with Crippen molar-refractivity contribution in [2.75, 3.05) is 13.2 Å². The van der Waals surface area contributed by atoms with Crippen molar-refractivity contribution < 1.29 is 27.2 Å². The van der Waals surface area contributed by atoms with Gasteiger partial charge in [0.1, 0.15) is 0 Å². The molecule has 7 heteroatoms. The van der Waals surface area contributed by atoms with Gasteiger partial charge in [0.25, 0.3) is 10.1 Å². The van der Waals surface area contributed by atoms with Gasteiger partial charge < -0.3 is 9.84 Å². The molecule has 0 heterocycles. The number of hydrogen-bond donors (Lipinski definition) is 1. The highest BCUT2D eigenvalue weighted by Crippen LogP contribution is 2.17. The Labute approximate surface area is 131 Å². The molecule has 0 saturated carbocycles. The highest BCUT2D eigenvalue weighted by Gasteiger charge is 2.20. The third-order valence-corrected chi connectivity index (χ3v) is 4.38. The van der Waals surface area contributed by atoms with E-state index in [1.165, 1.54) is 6.07 Å². The van der Waals surface area contributed by atoms with Crippen LogP contribution < -0.4 is 0 Å². The minimum Gasteiger partial charge on any atom is -0.466 e. The number of aliphatic hydroxyl groups excluding tert-OH is 1. The molecular formula is C15H22O6S. The molecule has 1 aromatic rings. The number of ether oxygens (including phenoxy) is 1. The summed E-state index contributed by atoms with van der Waals surface area (Å²) < 4.78 is 33.7. The van der Waals surface area contributed by atoms with Gasteiger partial charge in [0.2, 0.25) is 0 Å². The Morgan fingerprint density at radius 1 is 1.32 bits per heavy atom. The minimum atomic E-state index is -3.95. The van der Waals surface area contributed by atoms with Crippen LogP contribution in [0.15, 0.2) is 29.2 Å². The highest BCUT2D eigenvalue weighted by atomic mass is 32.2. The average Bonchev–Trinajstić information content (AvgIpc) is 2.46. The Kier molecular flexibility index (Phi) is 7.50. The fraction of sp³-hybridized carbons (Fsp3) is 0.533. The van der Waals surface area contributed by atoms with E-state index in [-0.39, 0.29) is 11.3 Å². The lowest BCUT2D eigenvalue weighted by Crippen LogP contribution is -2.23. The summed E-state index contributed by atoms with van der Waals surface area (Å²) in [7, 11) is -3.95. The first-order valence-electron chi connectivity index (χ1n) is 7.15. The number of hydrogen-bond acceptors (Lipinski definition) is 6. The number of aliphatic hydroxyl groups is 1. The summed E-state index contributed by atoms with van der Waals surface area (Å²) in [6.45, 7) is 3.43. The molecule has 0 saturated heterocycles. The standard InChI is InChI=1S/C15H22O6S/c1-3-4-9-20-15(17)10-13(16)11-21-22(18,19)14-8-6-5-7-12(14)2/h5-8,13,16H,3-4,9-11H2,1-2H3. The predicted octanol–water partition coefficient (Wildman–Crippen LogP) is 1.79. The molecule has 0 bridgehead atoms. The molecule has 1 rings (SSSR count). The zero-order valence-corrected chi connectivity index (χ0v) is 13.6. The van der Waals surface area contributed by atoms with Crippen LogP contribution in [0, 0.1) is 6.92 Å². The number of benzene rings is 1. The maximum absolute atomic E-state index is 12.0. The van der Waals surface area contributed by atoms with E-state index in [0.29, 0.717) is 12.2 Å². The number of carbonyl (C=O) groups is 1. The van der Waals surface area contributed by atoms with Crippen molar-refractivity contribution in [1.82, 2.24) is 0 Å². The summed E-state index contributed by atoms with van der Waals surface area (Å²) in [5.41, 5.74) is 0.552. The second kappa shape index (κ2) is 8.87. The van der Waals surface area contributed by atoms with Gasteiger partial charge in [0.05, 0.1) is 30.6 Å². The normalized spacial score (nSPS) is 12.9. The predicted molar refractivity (Wildman–Crippen MR) is 80.8 cm³/mol. The summed E-state index contributed by atoms with van der Waals surface area (Å²) >= 11 is 0. The van der Waals surface area contributed by atoms with Crippen LogP contribution in [0.3, 0.4) is 0 Å².